The lowest BCUT2D eigenvalue weighted by Crippen LogP contribution is -1.87. The van der Waals surface area contributed by atoms with Gasteiger partial charge < -0.3 is 5.73 Å². The number of thioether (sulfide) groups is 1. The monoisotopic (exact) mass is 243 g/mol. The maximum atomic E-state index is 5.67. The molecule has 0 saturated heterocycles. The number of anilines is 1. The van der Waals surface area contributed by atoms with Crippen molar-refractivity contribution in [1.82, 2.24) is 0 Å². The number of nitrogens with two attached hydrogens (primary N) is 1. The summed E-state index contributed by atoms with van der Waals surface area (Å²) in [5.74, 6) is 0.991. The van der Waals surface area contributed by atoms with Crippen LogP contribution in [-0.4, -0.2) is 0 Å². The van der Waals surface area contributed by atoms with E-state index in [1.54, 1.807) is 0 Å². The Labute approximate surface area is 107 Å². The van der Waals surface area contributed by atoms with Crippen molar-refractivity contribution in [2.45, 2.75) is 24.5 Å². The largest absolute Gasteiger partial charge is 0.399 e. The van der Waals surface area contributed by atoms with Crippen molar-refractivity contribution in [3.63, 3.8) is 0 Å². The van der Waals surface area contributed by atoms with Crippen LogP contribution >= 0.6 is 11.8 Å². The maximum absolute atomic E-state index is 5.67. The van der Waals surface area contributed by atoms with E-state index in [4.69, 9.17) is 5.73 Å². The summed E-state index contributed by atoms with van der Waals surface area (Å²) in [7, 11) is 0. The molecular formula is C15H17NS. The molecule has 0 aromatic heterocycles. The Hall–Kier alpha value is -1.41. The fraction of sp³-hybridized carbons (Fsp3) is 0.200. The van der Waals surface area contributed by atoms with E-state index >= 15 is 0 Å². The highest BCUT2D eigenvalue weighted by Crippen LogP contribution is 2.27. The van der Waals surface area contributed by atoms with Gasteiger partial charge in [-0.05, 0) is 43.2 Å². The lowest BCUT2D eigenvalue weighted by molar-refractivity contribution is 1.25. The van der Waals surface area contributed by atoms with Gasteiger partial charge >= 0.3 is 0 Å². The van der Waals surface area contributed by atoms with Crippen LogP contribution in [0.15, 0.2) is 47.4 Å². The molecule has 17 heavy (non-hydrogen) atoms. The first-order valence-corrected chi connectivity index (χ1v) is 6.68. The zero-order valence-electron chi connectivity index (χ0n) is 10.2. The van der Waals surface area contributed by atoms with E-state index in [0.717, 1.165) is 11.4 Å². The normalized spacial score (nSPS) is 10.5. The van der Waals surface area contributed by atoms with Crippen molar-refractivity contribution in [2.75, 3.05) is 5.73 Å². The molecule has 0 amide bonds. The summed E-state index contributed by atoms with van der Waals surface area (Å²) in [5, 5.41) is 0. The SMILES string of the molecule is Cc1ccc(C)c(SCc2ccc(N)cc2)c1. The van der Waals surface area contributed by atoms with E-state index in [1.165, 1.54) is 21.6 Å². The van der Waals surface area contributed by atoms with E-state index in [0.29, 0.717) is 0 Å². The van der Waals surface area contributed by atoms with Gasteiger partial charge in [-0.15, -0.1) is 11.8 Å². The van der Waals surface area contributed by atoms with Crippen molar-refractivity contribution in [1.29, 1.82) is 0 Å². The summed E-state index contributed by atoms with van der Waals surface area (Å²) in [6, 6.07) is 14.7. The number of nitrogen functional groups attached to an aromatic ring is 1. The van der Waals surface area contributed by atoms with Crippen LogP contribution in [0.5, 0.6) is 0 Å². The molecule has 88 valence electrons. The minimum atomic E-state index is 0.825. The third kappa shape index (κ3) is 3.27. The molecule has 0 aliphatic rings. The van der Waals surface area contributed by atoms with Crippen LogP contribution in [0.1, 0.15) is 16.7 Å². The number of benzene rings is 2. The molecule has 2 N–H and O–H groups in total. The van der Waals surface area contributed by atoms with Crippen LogP contribution in [0.2, 0.25) is 0 Å². The highest BCUT2D eigenvalue weighted by atomic mass is 32.2. The van der Waals surface area contributed by atoms with E-state index in [2.05, 4.69) is 44.2 Å². The fourth-order valence-electron chi connectivity index (χ4n) is 1.64. The Bertz CT molecular complexity index is 503. The second-order valence-electron chi connectivity index (χ2n) is 4.30. The topological polar surface area (TPSA) is 26.0 Å². The lowest BCUT2D eigenvalue weighted by Gasteiger charge is -2.07. The highest BCUT2D eigenvalue weighted by Gasteiger charge is 2.00. The van der Waals surface area contributed by atoms with Crippen molar-refractivity contribution in [2.24, 2.45) is 0 Å². The van der Waals surface area contributed by atoms with Crippen LogP contribution < -0.4 is 5.73 Å². The second kappa shape index (κ2) is 5.28. The molecule has 0 saturated carbocycles. The smallest absolute Gasteiger partial charge is 0.0314 e. The molecule has 2 rings (SSSR count). The summed E-state index contributed by atoms with van der Waals surface area (Å²) in [6.07, 6.45) is 0. The number of aryl methyl sites for hydroxylation is 2. The minimum absolute atomic E-state index is 0.825. The Kier molecular flexibility index (Phi) is 3.75. The van der Waals surface area contributed by atoms with Crippen molar-refractivity contribution >= 4 is 17.4 Å². The first-order chi connectivity index (χ1) is 8.15. The molecule has 2 aromatic carbocycles. The quantitative estimate of drug-likeness (QED) is 0.646. The number of hydrogen-bond acceptors (Lipinski definition) is 2. The molecule has 0 heterocycles. The van der Waals surface area contributed by atoms with E-state index in [-0.39, 0.29) is 0 Å². The summed E-state index contributed by atoms with van der Waals surface area (Å²) in [5.41, 5.74) is 10.5. The third-order valence-corrected chi connectivity index (χ3v) is 3.95. The Morgan fingerprint density at radius 3 is 2.41 bits per heavy atom. The van der Waals surface area contributed by atoms with Crippen molar-refractivity contribution in [3.8, 4) is 0 Å². The van der Waals surface area contributed by atoms with Crippen LogP contribution in [-0.2, 0) is 5.75 Å². The van der Waals surface area contributed by atoms with Gasteiger partial charge in [0, 0.05) is 16.3 Å². The minimum Gasteiger partial charge on any atom is -0.399 e. The zero-order chi connectivity index (χ0) is 12.3. The average molecular weight is 243 g/mol. The average Bonchev–Trinajstić information content (AvgIpc) is 2.32. The maximum Gasteiger partial charge on any atom is 0.0314 e. The molecule has 2 heteroatoms. The number of hydrogen-bond donors (Lipinski definition) is 1. The van der Waals surface area contributed by atoms with Gasteiger partial charge in [0.05, 0.1) is 0 Å². The summed E-state index contributed by atoms with van der Waals surface area (Å²) in [4.78, 5) is 1.36. The van der Waals surface area contributed by atoms with E-state index in [1.807, 2.05) is 23.9 Å². The van der Waals surface area contributed by atoms with Crippen molar-refractivity contribution in [3.05, 3.63) is 59.2 Å². The Morgan fingerprint density at radius 1 is 1.00 bits per heavy atom. The molecule has 0 atom stereocenters. The predicted octanol–water partition coefficient (Wildman–Crippen LogP) is 4.18. The van der Waals surface area contributed by atoms with Gasteiger partial charge in [0.15, 0.2) is 0 Å². The van der Waals surface area contributed by atoms with Gasteiger partial charge in [0.2, 0.25) is 0 Å². The van der Waals surface area contributed by atoms with Gasteiger partial charge in [-0.1, -0.05) is 29.8 Å². The van der Waals surface area contributed by atoms with Gasteiger partial charge in [0.1, 0.15) is 0 Å². The molecule has 0 fully saturated rings. The summed E-state index contributed by atoms with van der Waals surface area (Å²) >= 11 is 1.88. The number of rotatable bonds is 3. The molecule has 0 radical (unpaired) electrons. The third-order valence-electron chi connectivity index (χ3n) is 2.72. The first-order valence-electron chi connectivity index (χ1n) is 5.69. The van der Waals surface area contributed by atoms with E-state index in [9.17, 15) is 0 Å². The predicted molar refractivity (Wildman–Crippen MR) is 76.3 cm³/mol. The molecule has 1 nitrogen and oxygen atoms in total. The lowest BCUT2D eigenvalue weighted by atomic mass is 10.2. The van der Waals surface area contributed by atoms with Crippen molar-refractivity contribution < 1.29 is 0 Å². The first kappa shape index (κ1) is 12.1. The summed E-state index contributed by atoms with van der Waals surface area (Å²) in [6.45, 7) is 4.29. The molecule has 0 unspecified atom stereocenters. The molecule has 0 aliphatic carbocycles. The molecule has 2 aromatic rings. The van der Waals surface area contributed by atoms with Gasteiger partial charge in [-0.3, -0.25) is 0 Å². The standard InChI is InChI=1S/C15H17NS/c1-11-3-4-12(2)15(9-11)17-10-13-5-7-14(16)8-6-13/h3-9H,10,16H2,1-2H3. The van der Waals surface area contributed by atoms with E-state index < -0.39 is 0 Å². The van der Waals surface area contributed by atoms with Gasteiger partial charge in [-0.2, -0.15) is 0 Å². The second-order valence-corrected chi connectivity index (χ2v) is 5.32. The Morgan fingerprint density at radius 2 is 1.71 bits per heavy atom. The van der Waals surface area contributed by atoms with Crippen LogP contribution in [0, 0.1) is 13.8 Å². The fourth-order valence-corrected chi connectivity index (χ4v) is 2.72. The molecule has 0 bridgehead atoms. The van der Waals surface area contributed by atoms with Crippen LogP contribution in [0.25, 0.3) is 0 Å². The molecular weight excluding hydrogens is 226 g/mol. The molecule has 0 spiro atoms. The van der Waals surface area contributed by atoms with Gasteiger partial charge in [0.25, 0.3) is 0 Å². The zero-order valence-corrected chi connectivity index (χ0v) is 11.1. The van der Waals surface area contributed by atoms with Gasteiger partial charge in [-0.25, -0.2) is 0 Å². The Balaban J connectivity index is 2.07. The van der Waals surface area contributed by atoms with Crippen LogP contribution in [0.3, 0.4) is 0 Å². The highest BCUT2D eigenvalue weighted by molar-refractivity contribution is 7.98. The molecule has 0 aliphatic heterocycles. The summed E-state index contributed by atoms with van der Waals surface area (Å²) < 4.78 is 0. The van der Waals surface area contributed by atoms with Crippen LogP contribution in [0.4, 0.5) is 5.69 Å².